The van der Waals surface area contributed by atoms with Crippen molar-refractivity contribution < 1.29 is 14.6 Å². The summed E-state index contributed by atoms with van der Waals surface area (Å²) in [6.07, 6.45) is 5.57. The molecular formula is C12H23NO3. The van der Waals surface area contributed by atoms with Crippen LogP contribution in [0.15, 0.2) is 0 Å². The van der Waals surface area contributed by atoms with Gasteiger partial charge in [-0.1, -0.05) is 12.8 Å². The Labute approximate surface area is 97.4 Å². The average Bonchev–Trinajstić information content (AvgIpc) is 2.30. The molecule has 16 heavy (non-hydrogen) atoms. The van der Waals surface area contributed by atoms with E-state index in [1.54, 1.807) is 0 Å². The normalized spacial score (nSPS) is 25.4. The predicted octanol–water partition coefficient (Wildman–Crippen LogP) is 1.08. The Bertz CT molecular complexity index is 208. The maximum absolute atomic E-state index is 10.8. The summed E-state index contributed by atoms with van der Waals surface area (Å²) in [5.74, 6) is 0.242. The maximum Gasteiger partial charge on any atom is 0.305 e. The molecule has 0 heterocycles. The lowest BCUT2D eigenvalue weighted by Crippen LogP contribution is -2.34. The SMILES string of the molecule is COC(=O)CCCNCC1CCCCC1O. The van der Waals surface area contributed by atoms with E-state index in [0.717, 1.165) is 38.8 Å². The molecule has 2 N–H and O–H groups in total. The molecule has 1 rings (SSSR count). The fraction of sp³-hybridized carbons (Fsp3) is 0.917. The number of aliphatic hydroxyl groups excluding tert-OH is 1. The first kappa shape index (κ1) is 13.5. The van der Waals surface area contributed by atoms with Crippen molar-refractivity contribution >= 4 is 5.97 Å². The summed E-state index contributed by atoms with van der Waals surface area (Å²) in [5, 5.41) is 13.0. The van der Waals surface area contributed by atoms with Gasteiger partial charge in [-0.3, -0.25) is 4.79 Å². The van der Waals surface area contributed by atoms with E-state index >= 15 is 0 Å². The Balaban J connectivity index is 1.99. The quantitative estimate of drug-likeness (QED) is 0.528. The minimum absolute atomic E-state index is 0.137. The number of aliphatic hydroxyl groups is 1. The number of carbonyl (C=O) groups is 1. The first-order valence-corrected chi connectivity index (χ1v) is 6.19. The molecule has 0 aromatic heterocycles. The summed E-state index contributed by atoms with van der Waals surface area (Å²) < 4.78 is 4.56. The number of carbonyl (C=O) groups excluding carboxylic acids is 1. The zero-order chi connectivity index (χ0) is 11.8. The third-order valence-corrected chi connectivity index (χ3v) is 3.24. The van der Waals surface area contributed by atoms with Gasteiger partial charge in [0.15, 0.2) is 0 Å². The van der Waals surface area contributed by atoms with Gasteiger partial charge < -0.3 is 15.2 Å². The second kappa shape index (κ2) is 7.63. The number of ether oxygens (including phenoxy) is 1. The number of rotatable bonds is 6. The summed E-state index contributed by atoms with van der Waals surface area (Å²) in [5.41, 5.74) is 0. The van der Waals surface area contributed by atoms with E-state index in [2.05, 4.69) is 10.1 Å². The summed E-state index contributed by atoms with van der Waals surface area (Å²) in [6, 6.07) is 0. The molecule has 4 nitrogen and oxygen atoms in total. The van der Waals surface area contributed by atoms with Crippen molar-refractivity contribution in [3.05, 3.63) is 0 Å². The highest BCUT2D eigenvalue weighted by atomic mass is 16.5. The maximum atomic E-state index is 10.8. The van der Waals surface area contributed by atoms with Gasteiger partial charge in [0.1, 0.15) is 0 Å². The molecule has 1 saturated carbocycles. The van der Waals surface area contributed by atoms with Crippen LogP contribution in [-0.2, 0) is 9.53 Å². The topological polar surface area (TPSA) is 58.6 Å². The molecule has 1 fully saturated rings. The van der Waals surface area contributed by atoms with Crippen LogP contribution in [0.5, 0.6) is 0 Å². The first-order chi connectivity index (χ1) is 7.74. The van der Waals surface area contributed by atoms with E-state index < -0.39 is 0 Å². The summed E-state index contributed by atoms with van der Waals surface area (Å²) in [6.45, 7) is 1.68. The number of nitrogens with one attached hydrogen (secondary N) is 1. The Kier molecular flexibility index (Phi) is 6.42. The number of hydrogen-bond acceptors (Lipinski definition) is 4. The Morgan fingerprint density at radius 3 is 2.88 bits per heavy atom. The van der Waals surface area contributed by atoms with Gasteiger partial charge in [0, 0.05) is 13.0 Å². The highest BCUT2D eigenvalue weighted by Crippen LogP contribution is 2.23. The van der Waals surface area contributed by atoms with Gasteiger partial charge >= 0.3 is 5.97 Å². The largest absolute Gasteiger partial charge is 0.469 e. The lowest BCUT2D eigenvalue weighted by Gasteiger charge is -2.27. The predicted molar refractivity (Wildman–Crippen MR) is 62.1 cm³/mol. The lowest BCUT2D eigenvalue weighted by molar-refractivity contribution is -0.140. The second-order valence-corrected chi connectivity index (χ2v) is 4.50. The van der Waals surface area contributed by atoms with E-state index in [9.17, 15) is 9.90 Å². The molecular weight excluding hydrogens is 206 g/mol. The van der Waals surface area contributed by atoms with Gasteiger partial charge in [-0.15, -0.1) is 0 Å². The molecule has 94 valence electrons. The van der Waals surface area contributed by atoms with Crippen LogP contribution in [0.1, 0.15) is 38.5 Å². The molecule has 0 amide bonds. The summed E-state index contributed by atoms with van der Waals surface area (Å²) >= 11 is 0. The van der Waals surface area contributed by atoms with E-state index in [1.807, 2.05) is 0 Å². The van der Waals surface area contributed by atoms with Gasteiger partial charge in [-0.25, -0.2) is 0 Å². The fourth-order valence-electron chi connectivity index (χ4n) is 2.17. The highest BCUT2D eigenvalue weighted by Gasteiger charge is 2.22. The van der Waals surface area contributed by atoms with Crippen LogP contribution in [0.25, 0.3) is 0 Å². The molecule has 0 aliphatic heterocycles. The molecule has 0 aromatic rings. The zero-order valence-corrected chi connectivity index (χ0v) is 10.1. The van der Waals surface area contributed by atoms with Crippen molar-refractivity contribution in [3.63, 3.8) is 0 Å². The number of methoxy groups -OCH3 is 1. The Morgan fingerprint density at radius 1 is 1.44 bits per heavy atom. The summed E-state index contributed by atoms with van der Waals surface area (Å²) in [7, 11) is 1.41. The van der Waals surface area contributed by atoms with Crippen molar-refractivity contribution in [3.8, 4) is 0 Å². The van der Waals surface area contributed by atoms with Crippen LogP contribution in [-0.4, -0.2) is 37.4 Å². The fourth-order valence-corrected chi connectivity index (χ4v) is 2.17. The van der Waals surface area contributed by atoms with Crippen LogP contribution in [0.3, 0.4) is 0 Å². The standard InChI is InChI=1S/C12H23NO3/c1-16-12(15)7-4-8-13-9-10-5-2-3-6-11(10)14/h10-11,13-14H,2-9H2,1H3. The monoisotopic (exact) mass is 229 g/mol. The number of hydrogen-bond donors (Lipinski definition) is 2. The van der Waals surface area contributed by atoms with Crippen LogP contribution >= 0.6 is 0 Å². The lowest BCUT2D eigenvalue weighted by atomic mass is 9.86. The molecule has 4 heteroatoms. The van der Waals surface area contributed by atoms with Gasteiger partial charge in [-0.05, 0) is 31.7 Å². The zero-order valence-electron chi connectivity index (χ0n) is 10.1. The molecule has 2 unspecified atom stereocenters. The van der Waals surface area contributed by atoms with Gasteiger partial charge in [0.25, 0.3) is 0 Å². The van der Waals surface area contributed by atoms with Gasteiger partial charge in [0.05, 0.1) is 13.2 Å². The summed E-state index contributed by atoms with van der Waals surface area (Å²) in [4.78, 5) is 10.8. The van der Waals surface area contributed by atoms with Crippen molar-refractivity contribution in [2.45, 2.75) is 44.6 Å². The van der Waals surface area contributed by atoms with Crippen molar-refractivity contribution in [1.29, 1.82) is 0 Å². The van der Waals surface area contributed by atoms with Crippen LogP contribution in [0, 0.1) is 5.92 Å². The smallest absolute Gasteiger partial charge is 0.305 e. The van der Waals surface area contributed by atoms with Crippen LogP contribution < -0.4 is 5.32 Å². The average molecular weight is 229 g/mol. The molecule has 2 atom stereocenters. The van der Waals surface area contributed by atoms with E-state index in [0.29, 0.717) is 12.3 Å². The Hall–Kier alpha value is -0.610. The van der Waals surface area contributed by atoms with Gasteiger partial charge in [0.2, 0.25) is 0 Å². The first-order valence-electron chi connectivity index (χ1n) is 6.19. The van der Waals surface area contributed by atoms with Crippen molar-refractivity contribution in [1.82, 2.24) is 5.32 Å². The molecule has 1 aliphatic rings. The molecule has 1 aliphatic carbocycles. The number of esters is 1. The Morgan fingerprint density at radius 2 is 2.19 bits per heavy atom. The third-order valence-electron chi connectivity index (χ3n) is 3.24. The van der Waals surface area contributed by atoms with Crippen molar-refractivity contribution in [2.24, 2.45) is 5.92 Å². The molecule has 0 aromatic carbocycles. The van der Waals surface area contributed by atoms with E-state index in [1.165, 1.54) is 13.5 Å². The van der Waals surface area contributed by atoms with E-state index in [-0.39, 0.29) is 12.1 Å². The highest BCUT2D eigenvalue weighted by molar-refractivity contribution is 5.69. The molecule has 0 bridgehead atoms. The van der Waals surface area contributed by atoms with E-state index in [4.69, 9.17) is 0 Å². The van der Waals surface area contributed by atoms with Crippen molar-refractivity contribution in [2.75, 3.05) is 20.2 Å². The molecule has 0 radical (unpaired) electrons. The molecule has 0 spiro atoms. The van der Waals surface area contributed by atoms with Gasteiger partial charge in [-0.2, -0.15) is 0 Å². The molecule has 0 saturated heterocycles. The third kappa shape index (κ3) is 4.94. The minimum Gasteiger partial charge on any atom is -0.469 e. The van der Waals surface area contributed by atoms with Crippen LogP contribution in [0.2, 0.25) is 0 Å². The minimum atomic E-state index is -0.153. The second-order valence-electron chi connectivity index (χ2n) is 4.50. The van der Waals surface area contributed by atoms with Crippen LogP contribution in [0.4, 0.5) is 0 Å².